The molecular weight excluding hydrogens is 764 g/mol. The van der Waals surface area contributed by atoms with Crippen LogP contribution < -0.4 is 0 Å². The summed E-state index contributed by atoms with van der Waals surface area (Å²) in [7, 11) is -0.775. The highest BCUT2D eigenvalue weighted by Gasteiger charge is 2.23. The molecule has 0 fully saturated rings. The second-order valence-electron chi connectivity index (χ2n) is 12.6. The second-order valence-corrected chi connectivity index (χ2v) is 20.8. The largest absolute Gasteiger partial charge is 0.481 e. The molecule has 0 amide bonds. The van der Waals surface area contributed by atoms with Crippen LogP contribution >= 0.6 is 47.8 Å². The summed E-state index contributed by atoms with van der Waals surface area (Å²) in [5.41, 5.74) is 5.85. The minimum atomic E-state index is -0.803. The van der Waals surface area contributed by atoms with E-state index >= 15 is 0 Å². The fraction of sp³-hybridized carbons (Fsp3) is 0.361. The average Bonchev–Trinajstić information content (AvgIpc) is 2.88. The molecule has 2 aliphatic rings. The van der Waals surface area contributed by atoms with Crippen LogP contribution in [0.15, 0.2) is 86.7 Å². The third-order valence-corrected chi connectivity index (χ3v) is 10.3. The lowest BCUT2D eigenvalue weighted by Gasteiger charge is -2.22. The van der Waals surface area contributed by atoms with Crippen molar-refractivity contribution in [3.8, 4) is 0 Å². The number of aliphatic carboxylic acids is 1. The average molecular weight is 808 g/mol. The molecule has 5 rings (SSSR count). The fourth-order valence-corrected chi connectivity index (χ4v) is 7.73. The minimum absolute atomic E-state index is 0.0828. The molecule has 44 heavy (non-hydrogen) atoms. The molecule has 3 aromatic carbocycles. The van der Waals surface area contributed by atoms with E-state index in [0.29, 0.717) is 49.1 Å². The Balaban J connectivity index is 0.000000210. The third kappa shape index (κ3) is 13.5. The van der Waals surface area contributed by atoms with E-state index < -0.39 is 14.0 Å². The lowest BCUT2D eigenvalue weighted by atomic mass is 9.83. The van der Waals surface area contributed by atoms with Crippen molar-refractivity contribution in [1.82, 2.24) is 0 Å². The van der Waals surface area contributed by atoms with Crippen molar-refractivity contribution in [3.05, 3.63) is 115 Å². The van der Waals surface area contributed by atoms with Crippen molar-refractivity contribution in [2.24, 2.45) is 0 Å². The number of hydrogen-bond acceptors (Lipinski definition) is 3. The highest BCUT2D eigenvalue weighted by molar-refractivity contribution is 9.11. The first kappa shape index (κ1) is 38.1. The van der Waals surface area contributed by atoms with E-state index in [9.17, 15) is 14.4 Å². The van der Waals surface area contributed by atoms with Crippen molar-refractivity contribution in [2.75, 3.05) is 0 Å². The molecule has 0 aromatic heterocycles. The predicted molar refractivity (Wildman–Crippen MR) is 196 cm³/mol. The molecule has 2 aliphatic carbocycles. The van der Waals surface area contributed by atoms with E-state index in [2.05, 4.69) is 100.0 Å². The molecule has 0 spiro atoms. The number of benzene rings is 3. The van der Waals surface area contributed by atoms with Gasteiger partial charge in [-0.15, -0.1) is 6.58 Å². The number of ketones is 2. The number of allylic oxidation sites excluding steroid dienone is 1. The maximum Gasteiger partial charge on any atom is 0.307 e. The Labute approximate surface area is 289 Å². The van der Waals surface area contributed by atoms with E-state index in [0.717, 1.165) is 19.0 Å². The number of rotatable bonds is 4. The van der Waals surface area contributed by atoms with Crippen LogP contribution in [-0.2, 0) is 33.6 Å². The van der Waals surface area contributed by atoms with E-state index in [-0.39, 0.29) is 6.42 Å². The van der Waals surface area contributed by atoms with Crippen LogP contribution in [0.1, 0.15) is 66.3 Å². The van der Waals surface area contributed by atoms with Gasteiger partial charge in [-0.25, -0.2) is 0 Å². The van der Waals surface area contributed by atoms with Gasteiger partial charge in [-0.05, 0) is 76.0 Å². The zero-order valence-electron chi connectivity index (χ0n) is 26.3. The van der Waals surface area contributed by atoms with Gasteiger partial charge in [-0.3, -0.25) is 14.4 Å². The normalized spacial score (nSPS) is 16.8. The van der Waals surface area contributed by atoms with Gasteiger partial charge in [0.1, 0.15) is 11.6 Å². The molecule has 0 radical (unpaired) electrons. The lowest BCUT2D eigenvalue weighted by Crippen LogP contribution is -2.16. The number of Topliss-reactive ketones (excluding diaryl/α,β-unsaturated/α-hetero) is 2. The van der Waals surface area contributed by atoms with Gasteiger partial charge in [0, 0.05) is 47.2 Å². The van der Waals surface area contributed by atoms with Crippen molar-refractivity contribution < 1.29 is 19.5 Å². The van der Waals surface area contributed by atoms with Gasteiger partial charge < -0.3 is 5.11 Å². The Bertz CT molecular complexity index is 1450. The summed E-state index contributed by atoms with van der Waals surface area (Å²) in [6.45, 7) is 14.9. The highest BCUT2D eigenvalue weighted by atomic mass is 79.9. The molecule has 3 aromatic rings. The molecule has 0 aliphatic heterocycles. The monoisotopic (exact) mass is 804 g/mol. The topological polar surface area (TPSA) is 71.4 Å². The third-order valence-electron chi connectivity index (χ3n) is 7.12. The number of carbonyl (C=O) groups excluding carboxylic acids is 2. The van der Waals surface area contributed by atoms with Crippen molar-refractivity contribution in [3.63, 3.8) is 0 Å². The summed E-state index contributed by atoms with van der Waals surface area (Å²) in [5.74, 6) is 0.676. The Morgan fingerprint density at radius 2 is 1.45 bits per heavy atom. The molecule has 0 bridgehead atoms. The van der Waals surface area contributed by atoms with Gasteiger partial charge in [0.25, 0.3) is 0 Å². The molecular formula is C36H43Br3O4Si. The Kier molecular flexibility index (Phi) is 15.7. The smallest absolute Gasteiger partial charge is 0.307 e. The molecule has 236 valence electrons. The van der Waals surface area contributed by atoms with Crippen LogP contribution in [0.4, 0.5) is 0 Å². The van der Waals surface area contributed by atoms with E-state index in [1.165, 1.54) is 28.3 Å². The van der Waals surface area contributed by atoms with Gasteiger partial charge in [0.05, 0.1) is 6.42 Å². The maximum absolute atomic E-state index is 11.3. The van der Waals surface area contributed by atoms with E-state index in [4.69, 9.17) is 5.11 Å². The number of carboxylic acid groups (broad SMARTS) is 1. The number of fused-ring (bicyclic) bond motifs is 2. The van der Waals surface area contributed by atoms with Crippen LogP contribution in [0.5, 0.6) is 0 Å². The van der Waals surface area contributed by atoms with Gasteiger partial charge in [-0.2, -0.15) is 0 Å². The van der Waals surface area contributed by atoms with Crippen LogP contribution in [0.3, 0.4) is 0 Å². The SMILES string of the molecule is C=CC[Si](C)(C)C.CC1CC(=O)Cc2cc(Br)ccc21.CC1CC(=O)Cc2cccc(Br)c21.O=C(O)Cc1cccc(Br)c1. The summed E-state index contributed by atoms with van der Waals surface area (Å²) < 4.78 is 3.12. The van der Waals surface area contributed by atoms with E-state index in [1.807, 2.05) is 42.5 Å². The van der Waals surface area contributed by atoms with Crippen LogP contribution in [0.2, 0.25) is 25.7 Å². The Hall–Kier alpha value is -2.13. The predicted octanol–water partition coefficient (Wildman–Crippen LogP) is 10.7. The Morgan fingerprint density at radius 3 is 2.02 bits per heavy atom. The number of hydrogen-bond donors (Lipinski definition) is 1. The summed E-state index contributed by atoms with van der Waals surface area (Å²) >= 11 is 10.2. The molecule has 2 atom stereocenters. The molecule has 0 saturated heterocycles. The first-order valence-electron chi connectivity index (χ1n) is 14.8. The minimum Gasteiger partial charge on any atom is -0.481 e. The molecule has 2 unspecified atom stereocenters. The molecule has 0 saturated carbocycles. The molecule has 4 nitrogen and oxygen atoms in total. The quantitative estimate of drug-likeness (QED) is 0.211. The highest BCUT2D eigenvalue weighted by Crippen LogP contribution is 2.35. The summed E-state index contributed by atoms with van der Waals surface area (Å²) in [4.78, 5) is 32.9. The van der Waals surface area contributed by atoms with E-state index in [1.54, 1.807) is 12.1 Å². The summed E-state index contributed by atoms with van der Waals surface area (Å²) in [6, 6.07) is 20.8. The zero-order valence-corrected chi connectivity index (χ0v) is 32.0. The molecule has 0 heterocycles. The van der Waals surface area contributed by atoms with Crippen LogP contribution in [0.25, 0.3) is 0 Å². The van der Waals surface area contributed by atoms with Gasteiger partial charge in [0.2, 0.25) is 0 Å². The van der Waals surface area contributed by atoms with Crippen LogP contribution in [0, 0.1) is 0 Å². The first-order chi connectivity index (χ1) is 20.6. The standard InChI is InChI=1S/2C11H11BrO.C8H7BrO2.C6H14Si/c1-7-4-10(13)6-8-5-9(12)2-3-11(7)8;1-7-5-9(13)6-8-3-2-4-10(12)11(7)8;9-7-3-1-2-6(4-7)5-8(10)11;1-5-6-7(2,3)4/h2-3,5,7H,4,6H2,1H3;2-4,7H,5-6H2,1H3;1-4H,5H2,(H,10,11);5H,1,6H2,2-4H3. The lowest BCUT2D eigenvalue weighted by molar-refractivity contribution is -0.136. The van der Waals surface area contributed by atoms with Gasteiger partial charge >= 0.3 is 5.97 Å². The summed E-state index contributed by atoms with van der Waals surface area (Å²) in [6.07, 6.45) is 4.72. The molecule has 1 N–H and O–H groups in total. The fourth-order valence-electron chi connectivity index (χ4n) is 5.21. The van der Waals surface area contributed by atoms with Crippen molar-refractivity contribution in [2.45, 2.75) is 83.5 Å². The zero-order chi connectivity index (χ0) is 33.0. The first-order valence-corrected chi connectivity index (χ1v) is 20.8. The van der Waals surface area contributed by atoms with Crippen molar-refractivity contribution in [1.29, 1.82) is 0 Å². The maximum atomic E-state index is 11.3. The number of carboxylic acids is 1. The number of halogens is 3. The number of carbonyl (C=O) groups is 3. The second kappa shape index (κ2) is 18.1. The van der Waals surface area contributed by atoms with Gasteiger partial charge in [0.15, 0.2) is 0 Å². The van der Waals surface area contributed by atoms with Crippen LogP contribution in [-0.4, -0.2) is 30.7 Å². The van der Waals surface area contributed by atoms with Gasteiger partial charge in [-0.1, -0.05) is 118 Å². The van der Waals surface area contributed by atoms with Crippen molar-refractivity contribution >= 4 is 73.4 Å². The Morgan fingerprint density at radius 1 is 0.864 bits per heavy atom. The summed E-state index contributed by atoms with van der Waals surface area (Å²) in [5, 5.41) is 8.44. The molecule has 8 heteroatoms.